The molecule has 1 rings (SSSR count). The lowest BCUT2D eigenvalue weighted by atomic mass is 9.90. The molecule has 1 aromatic rings. The van der Waals surface area contributed by atoms with Gasteiger partial charge in [0.1, 0.15) is 0 Å². The third kappa shape index (κ3) is 4.48. The van der Waals surface area contributed by atoms with E-state index in [1.54, 1.807) is 20.8 Å². The van der Waals surface area contributed by atoms with Gasteiger partial charge in [0.2, 0.25) is 0 Å². The van der Waals surface area contributed by atoms with Crippen molar-refractivity contribution < 1.29 is 27.9 Å². The molecule has 2 N–H and O–H groups in total. The molecule has 0 aliphatic carbocycles. The van der Waals surface area contributed by atoms with E-state index in [2.05, 4.69) is 10.4 Å². The highest BCUT2D eigenvalue weighted by Gasteiger charge is 2.42. The van der Waals surface area contributed by atoms with Gasteiger partial charge in [-0.25, -0.2) is 0 Å². The highest BCUT2D eigenvalue weighted by Crippen LogP contribution is 2.34. The summed E-state index contributed by atoms with van der Waals surface area (Å²) in [6.07, 6.45) is -3.77. The first-order valence-electron chi connectivity index (χ1n) is 7.35. The maximum Gasteiger partial charge on any atom is 0.433 e. The summed E-state index contributed by atoms with van der Waals surface area (Å²) in [7, 11) is 0. The monoisotopic (exact) mass is 349 g/mol. The van der Waals surface area contributed by atoms with Gasteiger partial charge in [-0.15, -0.1) is 0 Å². The number of aliphatic carboxylic acids is 1. The Morgan fingerprint density at radius 2 is 1.75 bits per heavy atom. The van der Waals surface area contributed by atoms with Crippen molar-refractivity contribution in [1.29, 1.82) is 0 Å². The summed E-state index contributed by atoms with van der Waals surface area (Å²) in [6, 6.07) is 0. The van der Waals surface area contributed by atoms with E-state index in [-0.39, 0.29) is 13.0 Å². The molecule has 0 bridgehead atoms. The van der Waals surface area contributed by atoms with E-state index < -0.39 is 40.3 Å². The minimum absolute atomic E-state index is 0.0594. The van der Waals surface area contributed by atoms with Crippen molar-refractivity contribution in [2.75, 3.05) is 6.54 Å². The molecule has 9 heteroatoms. The zero-order valence-corrected chi connectivity index (χ0v) is 14.3. The molecule has 0 saturated heterocycles. The standard InChI is InChI=1S/C15H22F3N3O3/c1-13(2,3)21-10(15(16,17)18)9(8-20-21)11(22)19-7-6-14(4,5)12(23)24/h8H,6-7H2,1-5H3,(H,19,22)(H,23,24). The second-order valence-electron chi connectivity index (χ2n) is 7.18. The number of rotatable bonds is 5. The molecule has 0 unspecified atom stereocenters. The van der Waals surface area contributed by atoms with Crippen LogP contribution in [0.25, 0.3) is 0 Å². The minimum Gasteiger partial charge on any atom is -0.481 e. The Labute approximate surface area is 138 Å². The number of nitrogens with zero attached hydrogens (tertiary/aromatic N) is 2. The number of amides is 1. The maximum absolute atomic E-state index is 13.3. The molecule has 1 heterocycles. The van der Waals surface area contributed by atoms with Crippen molar-refractivity contribution in [2.24, 2.45) is 5.41 Å². The quantitative estimate of drug-likeness (QED) is 0.856. The van der Waals surface area contributed by atoms with E-state index in [9.17, 15) is 22.8 Å². The largest absolute Gasteiger partial charge is 0.481 e. The van der Waals surface area contributed by atoms with Crippen LogP contribution in [-0.4, -0.2) is 33.3 Å². The summed E-state index contributed by atoms with van der Waals surface area (Å²) in [6.45, 7) is 7.53. The van der Waals surface area contributed by atoms with E-state index in [4.69, 9.17) is 5.11 Å². The number of alkyl halides is 3. The molecule has 6 nitrogen and oxygen atoms in total. The molecule has 0 saturated carbocycles. The van der Waals surface area contributed by atoms with Gasteiger partial charge in [0.05, 0.1) is 22.7 Å². The maximum atomic E-state index is 13.3. The van der Waals surface area contributed by atoms with E-state index in [1.807, 2.05) is 0 Å². The highest BCUT2D eigenvalue weighted by atomic mass is 19.4. The number of carbonyl (C=O) groups excluding carboxylic acids is 1. The number of halogens is 3. The Bertz CT molecular complexity index is 628. The minimum atomic E-state index is -4.74. The van der Waals surface area contributed by atoms with Crippen LogP contribution in [0.4, 0.5) is 13.2 Å². The Morgan fingerprint density at radius 3 is 2.17 bits per heavy atom. The van der Waals surface area contributed by atoms with Crippen LogP contribution in [0.15, 0.2) is 6.20 Å². The number of carboxylic acid groups (broad SMARTS) is 1. The van der Waals surface area contributed by atoms with Crippen molar-refractivity contribution in [2.45, 2.75) is 52.8 Å². The van der Waals surface area contributed by atoms with E-state index in [0.717, 1.165) is 10.9 Å². The Hall–Kier alpha value is -2.06. The summed E-state index contributed by atoms with van der Waals surface area (Å²) in [4.78, 5) is 23.1. The predicted molar refractivity (Wildman–Crippen MR) is 80.6 cm³/mol. The first-order valence-corrected chi connectivity index (χ1v) is 7.35. The van der Waals surface area contributed by atoms with Crippen LogP contribution in [-0.2, 0) is 16.5 Å². The van der Waals surface area contributed by atoms with Gasteiger partial charge in [0.15, 0.2) is 5.69 Å². The van der Waals surface area contributed by atoms with Gasteiger partial charge in [-0.2, -0.15) is 18.3 Å². The van der Waals surface area contributed by atoms with Crippen molar-refractivity contribution in [3.05, 3.63) is 17.5 Å². The van der Waals surface area contributed by atoms with Crippen LogP contribution < -0.4 is 5.32 Å². The van der Waals surface area contributed by atoms with Crippen LogP contribution in [0.2, 0.25) is 0 Å². The van der Waals surface area contributed by atoms with E-state index in [0.29, 0.717) is 0 Å². The average molecular weight is 349 g/mol. The van der Waals surface area contributed by atoms with Crippen LogP contribution in [0, 0.1) is 5.41 Å². The molecule has 24 heavy (non-hydrogen) atoms. The lowest BCUT2D eigenvalue weighted by Gasteiger charge is -2.24. The van der Waals surface area contributed by atoms with Crippen molar-refractivity contribution in [3.8, 4) is 0 Å². The number of aromatic nitrogens is 2. The van der Waals surface area contributed by atoms with E-state index >= 15 is 0 Å². The average Bonchev–Trinajstić information content (AvgIpc) is 2.82. The van der Waals surface area contributed by atoms with Crippen LogP contribution >= 0.6 is 0 Å². The fraction of sp³-hybridized carbons (Fsp3) is 0.667. The highest BCUT2D eigenvalue weighted by molar-refractivity contribution is 5.95. The van der Waals surface area contributed by atoms with E-state index in [1.165, 1.54) is 13.8 Å². The summed E-state index contributed by atoms with van der Waals surface area (Å²) in [5, 5.41) is 15.0. The molecule has 1 amide bonds. The fourth-order valence-corrected chi connectivity index (χ4v) is 1.99. The molecule has 0 radical (unpaired) electrons. The molecule has 0 spiro atoms. The normalized spacial score (nSPS) is 13.0. The second-order valence-corrected chi connectivity index (χ2v) is 7.18. The van der Waals surface area contributed by atoms with Gasteiger partial charge in [-0.05, 0) is 41.0 Å². The Morgan fingerprint density at radius 1 is 1.21 bits per heavy atom. The first kappa shape index (κ1) is 20.0. The van der Waals surface area contributed by atoms with Gasteiger partial charge in [0, 0.05) is 6.54 Å². The topological polar surface area (TPSA) is 84.2 Å². The fourth-order valence-electron chi connectivity index (χ4n) is 1.99. The zero-order valence-electron chi connectivity index (χ0n) is 14.3. The number of carbonyl (C=O) groups is 2. The summed E-state index contributed by atoms with van der Waals surface area (Å²) >= 11 is 0. The molecular formula is C15H22F3N3O3. The van der Waals surface area contributed by atoms with Crippen molar-refractivity contribution >= 4 is 11.9 Å². The van der Waals surface area contributed by atoms with Gasteiger partial charge in [0.25, 0.3) is 5.91 Å². The van der Waals surface area contributed by atoms with Crippen molar-refractivity contribution in [3.63, 3.8) is 0 Å². The Balaban J connectivity index is 3.01. The van der Waals surface area contributed by atoms with Crippen LogP contribution in [0.1, 0.15) is 57.1 Å². The number of carboxylic acids is 1. The molecule has 136 valence electrons. The number of hydrogen-bond donors (Lipinski definition) is 2. The third-order valence-electron chi connectivity index (χ3n) is 3.53. The number of hydrogen-bond acceptors (Lipinski definition) is 3. The van der Waals surface area contributed by atoms with Gasteiger partial charge in [-0.1, -0.05) is 0 Å². The molecule has 0 aliphatic heterocycles. The molecule has 0 aliphatic rings. The molecule has 0 atom stereocenters. The molecule has 0 fully saturated rings. The van der Waals surface area contributed by atoms with Gasteiger partial charge >= 0.3 is 12.1 Å². The lowest BCUT2D eigenvalue weighted by Crippen LogP contribution is -2.34. The second kappa shape index (κ2) is 6.45. The third-order valence-corrected chi connectivity index (χ3v) is 3.53. The first-order chi connectivity index (χ1) is 10.7. The smallest absolute Gasteiger partial charge is 0.433 e. The lowest BCUT2D eigenvalue weighted by molar-refractivity contribution is -0.147. The SMILES string of the molecule is CC(C)(CCNC(=O)c1cnn(C(C)(C)C)c1C(F)(F)F)C(=O)O. The van der Waals surface area contributed by atoms with Crippen LogP contribution in [0.3, 0.4) is 0 Å². The van der Waals surface area contributed by atoms with Gasteiger partial charge in [-0.3, -0.25) is 14.3 Å². The summed E-state index contributed by atoms with van der Waals surface area (Å²) in [5.74, 6) is -1.98. The Kier molecular flexibility index (Phi) is 5.37. The predicted octanol–water partition coefficient (Wildman–Crippen LogP) is 2.89. The van der Waals surface area contributed by atoms with Crippen molar-refractivity contribution in [1.82, 2.24) is 15.1 Å². The van der Waals surface area contributed by atoms with Gasteiger partial charge < -0.3 is 10.4 Å². The zero-order chi connectivity index (χ0) is 18.9. The number of nitrogens with one attached hydrogen (secondary N) is 1. The molecular weight excluding hydrogens is 327 g/mol. The van der Waals surface area contributed by atoms with Crippen LogP contribution in [0.5, 0.6) is 0 Å². The molecule has 0 aromatic carbocycles. The molecule has 1 aromatic heterocycles. The summed E-state index contributed by atoms with van der Waals surface area (Å²) in [5.41, 5.74) is -3.74. The summed E-state index contributed by atoms with van der Waals surface area (Å²) < 4.78 is 40.8.